The van der Waals surface area contributed by atoms with Gasteiger partial charge in [-0.2, -0.15) is 0 Å². The molecule has 0 spiro atoms. The van der Waals surface area contributed by atoms with E-state index in [0.717, 1.165) is 16.7 Å². The van der Waals surface area contributed by atoms with Crippen LogP contribution in [-0.4, -0.2) is 14.6 Å². The maximum Gasteiger partial charge on any atom is 0.276 e. The molecule has 0 amide bonds. The van der Waals surface area contributed by atoms with Crippen LogP contribution in [0.4, 0.5) is 0 Å². The summed E-state index contributed by atoms with van der Waals surface area (Å²) in [6, 6.07) is 16.0. The number of aryl methyl sites for hydroxylation is 2. The largest absolute Gasteiger partial charge is 0.276 e. The van der Waals surface area contributed by atoms with E-state index in [4.69, 9.17) is 0 Å². The molecular formula is C19H15N3OS. The molecular weight excluding hydrogens is 318 g/mol. The number of rotatable bonds is 2. The lowest BCUT2D eigenvalue weighted by Crippen LogP contribution is -2.23. The van der Waals surface area contributed by atoms with Gasteiger partial charge in [-0.1, -0.05) is 65.4 Å². The number of aromatic nitrogens is 3. The summed E-state index contributed by atoms with van der Waals surface area (Å²) in [5.74, 6) is 0.605. The molecule has 0 N–H and O–H groups in total. The van der Waals surface area contributed by atoms with Gasteiger partial charge in [0, 0.05) is 5.56 Å². The second-order valence-electron chi connectivity index (χ2n) is 5.78. The molecule has 0 aliphatic carbocycles. The predicted molar refractivity (Wildman–Crippen MR) is 97.3 cm³/mol. The summed E-state index contributed by atoms with van der Waals surface area (Å²) in [6.07, 6.45) is 1.91. The van der Waals surface area contributed by atoms with Crippen LogP contribution in [0.3, 0.4) is 0 Å². The topological polar surface area (TPSA) is 47.3 Å². The van der Waals surface area contributed by atoms with Crippen LogP contribution in [0.5, 0.6) is 0 Å². The summed E-state index contributed by atoms with van der Waals surface area (Å²) in [5, 5.41) is 8.40. The first-order valence-corrected chi connectivity index (χ1v) is 8.47. The van der Waals surface area contributed by atoms with Gasteiger partial charge >= 0.3 is 0 Å². The van der Waals surface area contributed by atoms with Crippen molar-refractivity contribution in [3.8, 4) is 11.4 Å². The Bertz CT molecular complexity index is 1140. The quantitative estimate of drug-likeness (QED) is 0.566. The highest BCUT2D eigenvalue weighted by atomic mass is 32.1. The Balaban J connectivity index is 1.93. The van der Waals surface area contributed by atoms with Gasteiger partial charge in [0.25, 0.3) is 5.56 Å². The van der Waals surface area contributed by atoms with Gasteiger partial charge in [0.1, 0.15) is 0 Å². The van der Waals surface area contributed by atoms with Crippen LogP contribution in [0.2, 0.25) is 0 Å². The highest BCUT2D eigenvalue weighted by Crippen LogP contribution is 2.21. The third kappa shape index (κ3) is 2.43. The van der Waals surface area contributed by atoms with Crippen LogP contribution in [-0.2, 0) is 0 Å². The summed E-state index contributed by atoms with van der Waals surface area (Å²) >= 11 is 1.37. The number of thiazole rings is 1. The van der Waals surface area contributed by atoms with E-state index in [1.807, 2.05) is 68.5 Å². The molecule has 0 bridgehead atoms. The average molecular weight is 333 g/mol. The molecule has 4 nitrogen and oxygen atoms in total. The Morgan fingerprint density at radius 1 is 1.00 bits per heavy atom. The zero-order chi connectivity index (χ0) is 16.7. The normalized spacial score (nSPS) is 12.2. The molecule has 0 fully saturated rings. The first-order valence-electron chi connectivity index (χ1n) is 7.66. The van der Waals surface area contributed by atoms with E-state index in [9.17, 15) is 4.79 Å². The standard InChI is InChI=1S/C19H15N3OS/c1-12-7-9-14(10-8-12)11-16-18(23)22-17(20-21-19(22)24-16)15-6-4-3-5-13(15)2/h3-11H,1-2H3. The van der Waals surface area contributed by atoms with E-state index in [-0.39, 0.29) is 5.56 Å². The van der Waals surface area contributed by atoms with E-state index in [0.29, 0.717) is 15.3 Å². The Labute approximate surface area is 142 Å². The highest BCUT2D eigenvalue weighted by Gasteiger charge is 2.15. The van der Waals surface area contributed by atoms with E-state index in [1.54, 1.807) is 4.40 Å². The first-order chi connectivity index (χ1) is 11.6. The molecule has 0 radical (unpaired) electrons. The van der Waals surface area contributed by atoms with Gasteiger partial charge in [0.05, 0.1) is 4.53 Å². The predicted octanol–water partition coefficient (Wildman–Crippen LogP) is 2.98. The average Bonchev–Trinajstić information content (AvgIpc) is 3.11. The molecule has 0 saturated carbocycles. The number of fused-ring (bicyclic) bond motifs is 1. The first kappa shape index (κ1) is 14.8. The van der Waals surface area contributed by atoms with Crippen LogP contribution in [0, 0.1) is 13.8 Å². The van der Waals surface area contributed by atoms with Crippen molar-refractivity contribution in [3.05, 3.63) is 80.1 Å². The van der Waals surface area contributed by atoms with Crippen molar-refractivity contribution >= 4 is 22.4 Å². The molecule has 2 aromatic carbocycles. The van der Waals surface area contributed by atoms with Crippen molar-refractivity contribution in [3.63, 3.8) is 0 Å². The molecule has 4 rings (SSSR count). The lowest BCUT2D eigenvalue weighted by molar-refractivity contribution is 1.09. The fraction of sp³-hybridized carbons (Fsp3) is 0.105. The van der Waals surface area contributed by atoms with Gasteiger partial charge in [0.15, 0.2) is 5.82 Å². The summed E-state index contributed by atoms with van der Waals surface area (Å²) in [7, 11) is 0. The Morgan fingerprint density at radius 2 is 1.75 bits per heavy atom. The van der Waals surface area contributed by atoms with Crippen molar-refractivity contribution in [2.45, 2.75) is 13.8 Å². The smallest absolute Gasteiger partial charge is 0.267 e. The lowest BCUT2D eigenvalue weighted by Gasteiger charge is -2.00. The molecule has 2 heterocycles. The minimum absolute atomic E-state index is 0.0705. The second-order valence-corrected chi connectivity index (χ2v) is 6.79. The number of hydrogen-bond donors (Lipinski definition) is 0. The fourth-order valence-corrected chi connectivity index (χ4v) is 3.59. The second kappa shape index (κ2) is 5.69. The van der Waals surface area contributed by atoms with Gasteiger partial charge in [-0.05, 0) is 31.1 Å². The fourth-order valence-electron chi connectivity index (χ4n) is 2.67. The summed E-state index contributed by atoms with van der Waals surface area (Å²) in [6.45, 7) is 4.05. The van der Waals surface area contributed by atoms with Gasteiger partial charge in [-0.15, -0.1) is 10.2 Å². The summed E-state index contributed by atoms with van der Waals surface area (Å²) in [5.41, 5.74) is 4.14. The van der Waals surface area contributed by atoms with E-state index in [1.165, 1.54) is 16.9 Å². The monoisotopic (exact) mass is 333 g/mol. The van der Waals surface area contributed by atoms with Gasteiger partial charge in [-0.25, -0.2) is 4.40 Å². The third-order valence-electron chi connectivity index (χ3n) is 4.01. The molecule has 2 aromatic heterocycles. The summed E-state index contributed by atoms with van der Waals surface area (Å²) in [4.78, 5) is 13.5. The van der Waals surface area contributed by atoms with Gasteiger partial charge < -0.3 is 0 Å². The van der Waals surface area contributed by atoms with E-state index < -0.39 is 0 Å². The maximum absolute atomic E-state index is 12.8. The molecule has 118 valence electrons. The molecule has 0 atom stereocenters. The van der Waals surface area contributed by atoms with Crippen molar-refractivity contribution < 1.29 is 0 Å². The maximum atomic E-state index is 12.8. The zero-order valence-corrected chi connectivity index (χ0v) is 14.2. The van der Waals surface area contributed by atoms with E-state index >= 15 is 0 Å². The van der Waals surface area contributed by atoms with Crippen molar-refractivity contribution in [2.24, 2.45) is 0 Å². The number of hydrogen-bond acceptors (Lipinski definition) is 4. The van der Waals surface area contributed by atoms with Crippen molar-refractivity contribution in [1.29, 1.82) is 0 Å². The number of benzene rings is 2. The van der Waals surface area contributed by atoms with Crippen molar-refractivity contribution in [2.75, 3.05) is 0 Å². The van der Waals surface area contributed by atoms with Gasteiger partial charge in [0.2, 0.25) is 4.96 Å². The minimum Gasteiger partial charge on any atom is -0.267 e. The SMILES string of the molecule is Cc1ccc(C=c2sc3nnc(-c4ccccc4C)n3c2=O)cc1. The Morgan fingerprint density at radius 3 is 2.50 bits per heavy atom. The minimum atomic E-state index is -0.0705. The van der Waals surface area contributed by atoms with Crippen LogP contribution in [0.1, 0.15) is 16.7 Å². The molecule has 5 heteroatoms. The van der Waals surface area contributed by atoms with E-state index in [2.05, 4.69) is 10.2 Å². The zero-order valence-electron chi connectivity index (χ0n) is 13.4. The van der Waals surface area contributed by atoms with Crippen LogP contribution in [0.25, 0.3) is 22.4 Å². The molecule has 0 saturated heterocycles. The van der Waals surface area contributed by atoms with Crippen LogP contribution < -0.4 is 10.1 Å². The molecule has 0 unspecified atom stereocenters. The Kier molecular flexibility index (Phi) is 3.50. The van der Waals surface area contributed by atoms with Crippen molar-refractivity contribution in [1.82, 2.24) is 14.6 Å². The van der Waals surface area contributed by atoms with Gasteiger partial charge in [-0.3, -0.25) is 4.79 Å². The highest BCUT2D eigenvalue weighted by molar-refractivity contribution is 7.15. The molecule has 0 aliphatic heterocycles. The molecule has 24 heavy (non-hydrogen) atoms. The summed E-state index contributed by atoms with van der Waals surface area (Å²) < 4.78 is 2.27. The number of nitrogens with zero attached hydrogens (tertiary/aromatic N) is 3. The van der Waals surface area contributed by atoms with Crippen LogP contribution >= 0.6 is 11.3 Å². The molecule has 0 aliphatic rings. The third-order valence-corrected chi connectivity index (χ3v) is 4.97. The lowest BCUT2D eigenvalue weighted by atomic mass is 10.1. The molecule has 4 aromatic rings. The van der Waals surface area contributed by atoms with Crippen LogP contribution in [0.15, 0.2) is 53.3 Å². The Hall–Kier alpha value is -2.79.